The molecule has 1 aliphatic heterocycles. The van der Waals surface area contributed by atoms with E-state index in [4.69, 9.17) is 14.2 Å². The number of anilines is 1. The zero-order valence-electron chi connectivity index (χ0n) is 19.6. The van der Waals surface area contributed by atoms with Gasteiger partial charge < -0.3 is 19.5 Å². The molecule has 1 atom stereocenters. The molecular weight excluding hydrogens is 468 g/mol. The fourth-order valence-electron chi connectivity index (χ4n) is 3.79. The van der Waals surface area contributed by atoms with E-state index in [-0.39, 0.29) is 10.9 Å². The van der Waals surface area contributed by atoms with Gasteiger partial charge >= 0.3 is 0 Å². The van der Waals surface area contributed by atoms with Crippen molar-refractivity contribution in [2.24, 2.45) is 0 Å². The average Bonchev–Trinajstić information content (AvgIpc) is 2.88. The van der Waals surface area contributed by atoms with Crippen LogP contribution in [0.25, 0.3) is 0 Å². The van der Waals surface area contributed by atoms with Crippen molar-refractivity contribution in [1.82, 2.24) is 5.32 Å². The van der Waals surface area contributed by atoms with Crippen molar-refractivity contribution in [3.63, 3.8) is 0 Å². The van der Waals surface area contributed by atoms with E-state index in [1.807, 2.05) is 26.0 Å². The molecule has 0 bridgehead atoms. The van der Waals surface area contributed by atoms with Gasteiger partial charge in [-0.15, -0.1) is 0 Å². The van der Waals surface area contributed by atoms with Crippen LogP contribution in [0.1, 0.15) is 25.5 Å². The van der Waals surface area contributed by atoms with Gasteiger partial charge in [0.1, 0.15) is 25.5 Å². The van der Waals surface area contributed by atoms with Gasteiger partial charge in [0, 0.05) is 0 Å². The van der Waals surface area contributed by atoms with Crippen LogP contribution < -0.4 is 23.8 Å². The second-order valence-electron chi connectivity index (χ2n) is 7.92. The zero-order valence-corrected chi connectivity index (χ0v) is 20.5. The highest BCUT2D eigenvalue weighted by molar-refractivity contribution is 7.92. The van der Waals surface area contributed by atoms with Gasteiger partial charge in [-0.3, -0.25) is 9.10 Å². The smallest absolute Gasteiger partial charge is 0.264 e. The summed E-state index contributed by atoms with van der Waals surface area (Å²) < 4.78 is 45.1. The number of benzene rings is 3. The summed E-state index contributed by atoms with van der Waals surface area (Å²) in [6.07, 6.45) is 0. The van der Waals surface area contributed by atoms with Crippen molar-refractivity contribution in [1.29, 1.82) is 0 Å². The summed E-state index contributed by atoms with van der Waals surface area (Å²) in [5.74, 6) is 1.19. The number of amides is 1. The van der Waals surface area contributed by atoms with Crippen LogP contribution in [0.5, 0.6) is 17.2 Å². The maximum atomic E-state index is 13.6. The molecule has 1 N–H and O–H groups in total. The van der Waals surface area contributed by atoms with Crippen LogP contribution in [0.2, 0.25) is 0 Å². The van der Waals surface area contributed by atoms with E-state index in [0.29, 0.717) is 42.8 Å². The maximum absolute atomic E-state index is 13.6. The predicted octanol–water partition coefficient (Wildman–Crippen LogP) is 3.93. The lowest BCUT2D eigenvalue weighted by atomic mass is 10.1. The molecule has 0 aromatic heterocycles. The Bertz CT molecular complexity index is 1280. The average molecular weight is 497 g/mol. The van der Waals surface area contributed by atoms with Crippen molar-refractivity contribution < 1.29 is 27.4 Å². The summed E-state index contributed by atoms with van der Waals surface area (Å²) in [7, 11) is -4.05. The molecule has 4 rings (SSSR count). The second-order valence-corrected chi connectivity index (χ2v) is 9.78. The van der Waals surface area contributed by atoms with Crippen LogP contribution in [-0.2, 0) is 14.8 Å². The van der Waals surface area contributed by atoms with Gasteiger partial charge in [-0.1, -0.05) is 36.4 Å². The summed E-state index contributed by atoms with van der Waals surface area (Å²) >= 11 is 0. The van der Waals surface area contributed by atoms with E-state index < -0.39 is 22.5 Å². The third-order valence-electron chi connectivity index (χ3n) is 5.50. The third-order valence-corrected chi connectivity index (χ3v) is 7.27. The molecular formula is C26H28N2O6S. The number of hydrogen-bond acceptors (Lipinski definition) is 6. The van der Waals surface area contributed by atoms with Gasteiger partial charge in [0.05, 0.1) is 23.2 Å². The van der Waals surface area contributed by atoms with E-state index in [1.165, 1.54) is 12.1 Å². The van der Waals surface area contributed by atoms with Gasteiger partial charge in [-0.25, -0.2) is 8.42 Å². The topological polar surface area (TPSA) is 94.2 Å². The monoisotopic (exact) mass is 496 g/mol. The summed E-state index contributed by atoms with van der Waals surface area (Å²) in [6, 6.07) is 19.9. The van der Waals surface area contributed by atoms with Crippen LogP contribution in [0.3, 0.4) is 0 Å². The van der Waals surface area contributed by atoms with Crippen molar-refractivity contribution in [2.75, 3.05) is 30.7 Å². The molecule has 0 saturated heterocycles. The van der Waals surface area contributed by atoms with E-state index >= 15 is 0 Å². The molecule has 9 heteroatoms. The van der Waals surface area contributed by atoms with Crippen LogP contribution in [-0.4, -0.2) is 40.7 Å². The first-order valence-corrected chi connectivity index (χ1v) is 12.8. The van der Waals surface area contributed by atoms with Crippen molar-refractivity contribution in [2.45, 2.75) is 24.8 Å². The number of carbonyl (C=O) groups is 1. The highest BCUT2D eigenvalue weighted by Gasteiger charge is 2.30. The highest BCUT2D eigenvalue weighted by Crippen LogP contribution is 2.34. The van der Waals surface area contributed by atoms with Crippen LogP contribution >= 0.6 is 0 Å². The normalized spacial score (nSPS) is 13.5. The van der Waals surface area contributed by atoms with Gasteiger partial charge in [0.25, 0.3) is 10.0 Å². The highest BCUT2D eigenvalue weighted by atomic mass is 32.2. The number of carbonyl (C=O) groups excluding carboxylic acids is 1. The maximum Gasteiger partial charge on any atom is 0.264 e. The lowest BCUT2D eigenvalue weighted by Crippen LogP contribution is -2.41. The first-order valence-electron chi connectivity index (χ1n) is 11.4. The Labute approximate surface area is 205 Å². The molecule has 35 heavy (non-hydrogen) atoms. The first-order chi connectivity index (χ1) is 16.9. The lowest BCUT2D eigenvalue weighted by molar-refractivity contribution is -0.120. The van der Waals surface area contributed by atoms with Crippen molar-refractivity contribution in [3.8, 4) is 17.2 Å². The van der Waals surface area contributed by atoms with Gasteiger partial charge in [-0.05, 0) is 55.8 Å². The number of rotatable bonds is 9. The van der Waals surface area contributed by atoms with E-state index in [9.17, 15) is 13.2 Å². The van der Waals surface area contributed by atoms with Crippen molar-refractivity contribution in [3.05, 3.63) is 78.4 Å². The molecule has 0 radical (unpaired) electrons. The Balaban J connectivity index is 1.60. The molecule has 0 saturated carbocycles. The Morgan fingerprint density at radius 2 is 1.69 bits per heavy atom. The van der Waals surface area contributed by atoms with Gasteiger partial charge in [-0.2, -0.15) is 0 Å². The van der Waals surface area contributed by atoms with Gasteiger partial charge in [0.15, 0.2) is 11.5 Å². The molecule has 1 heterocycles. The summed E-state index contributed by atoms with van der Waals surface area (Å²) in [5.41, 5.74) is 1.11. The molecule has 0 unspecified atom stereocenters. The number of para-hydroxylation sites is 2. The minimum absolute atomic E-state index is 0.0824. The fraction of sp³-hybridized carbons (Fsp3) is 0.269. The Morgan fingerprint density at radius 1 is 1.00 bits per heavy atom. The number of nitrogens with zero attached hydrogens (tertiary/aromatic N) is 1. The molecule has 0 aliphatic carbocycles. The predicted molar refractivity (Wildman–Crippen MR) is 133 cm³/mol. The molecule has 1 amide bonds. The van der Waals surface area contributed by atoms with E-state index in [2.05, 4.69) is 5.32 Å². The van der Waals surface area contributed by atoms with E-state index in [1.54, 1.807) is 48.5 Å². The number of ether oxygens (including phenoxy) is 3. The fourth-order valence-corrected chi connectivity index (χ4v) is 5.24. The van der Waals surface area contributed by atoms with Crippen LogP contribution in [0.4, 0.5) is 5.69 Å². The summed E-state index contributed by atoms with van der Waals surface area (Å²) in [5, 5.41) is 2.90. The largest absolute Gasteiger partial charge is 0.492 e. The number of sulfonamides is 1. The summed E-state index contributed by atoms with van der Waals surface area (Å²) in [6.45, 7) is 4.53. The molecule has 0 fully saturated rings. The standard InChI is InChI=1S/C26H28N2O6S/c1-3-32-23-12-8-7-11-22(23)28(35(30,31)21-9-5-4-6-10-21)18-26(29)27-19(2)20-13-14-24-25(17-20)34-16-15-33-24/h4-14,17,19H,3,15-16,18H2,1-2H3,(H,27,29)/t19-/m1/s1. The number of hydrogen-bond donors (Lipinski definition) is 1. The third kappa shape index (κ3) is 5.51. The van der Waals surface area contributed by atoms with Crippen LogP contribution in [0.15, 0.2) is 77.7 Å². The van der Waals surface area contributed by atoms with Crippen molar-refractivity contribution >= 4 is 21.6 Å². The molecule has 1 aliphatic rings. The lowest BCUT2D eigenvalue weighted by Gasteiger charge is -2.27. The molecule has 3 aromatic rings. The number of fused-ring (bicyclic) bond motifs is 1. The molecule has 8 nitrogen and oxygen atoms in total. The molecule has 184 valence electrons. The Kier molecular flexibility index (Phi) is 7.45. The first kappa shape index (κ1) is 24.4. The molecule has 3 aromatic carbocycles. The quantitative estimate of drug-likeness (QED) is 0.483. The minimum atomic E-state index is -4.05. The Morgan fingerprint density at radius 3 is 2.43 bits per heavy atom. The summed E-state index contributed by atoms with van der Waals surface area (Å²) in [4.78, 5) is 13.2. The second kappa shape index (κ2) is 10.7. The molecule has 0 spiro atoms. The zero-order chi connectivity index (χ0) is 24.8. The Hall–Kier alpha value is -3.72. The van der Waals surface area contributed by atoms with Gasteiger partial charge in [0.2, 0.25) is 5.91 Å². The SMILES string of the molecule is CCOc1ccccc1N(CC(=O)N[C@H](C)c1ccc2c(c1)OCCO2)S(=O)(=O)c1ccccc1. The minimum Gasteiger partial charge on any atom is -0.492 e. The number of nitrogens with one attached hydrogen (secondary N) is 1. The van der Waals surface area contributed by atoms with E-state index in [0.717, 1.165) is 9.87 Å². The van der Waals surface area contributed by atoms with Crippen LogP contribution in [0, 0.1) is 0 Å².